The lowest BCUT2D eigenvalue weighted by Gasteiger charge is -2.44. The molecule has 2 aliphatic heterocycles. The van der Waals surface area contributed by atoms with E-state index in [-0.39, 0.29) is 0 Å². The van der Waals surface area contributed by atoms with Crippen molar-refractivity contribution in [1.82, 2.24) is 10.2 Å². The fourth-order valence-corrected chi connectivity index (χ4v) is 5.00. The van der Waals surface area contributed by atoms with E-state index in [1.54, 1.807) is 0 Å². The molecule has 1 aliphatic carbocycles. The molecule has 2 heterocycles. The zero-order chi connectivity index (χ0) is 13.2. The van der Waals surface area contributed by atoms with Gasteiger partial charge in [-0.15, -0.1) is 0 Å². The molecule has 0 aromatic rings. The van der Waals surface area contributed by atoms with Gasteiger partial charge in [-0.3, -0.25) is 4.90 Å². The number of piperidine rings is 1. The van der Waals surface area contributed by atoms with Gasteiger partial charge in [0.25, 0.3) is 0 Å². The zero-order valence-electron chi connectivity index (χ0n) is 12.9. The van der Waals surface area contributed by atoms with Crippen LogP contribution in [-0.4, -0.2) is 35.6 Å². The van der Waals surface area contributed by atoms with Crippen LogP contribution in [0, 0.1) is 5.92 Å². The summed E-state index contributed by atoms with van der Waals surface area (Å²) in [5.41, 5.74) is 0. The van der Waals surface area contributed by atoms with Crippen molar-refractivity contribution in [3.8, 4) is 0 Å². The van der Waals surface area contributed by atoms with Gasteiger partial charge in [-0.1, -0.05) is 20.3 Å². The Morgan fingerprint density at radius 3 is 2.00 bits per heavy atom. The van der Waals surface area contributed by atoms with Crippen LogP contribution in [0.2, 0.25) is 0 Å². The largest absolute Gasteiger partial charge is 0.311 e. The minimum atomic E-state index is 0.838. The highest BCUT2D eigenvalue weighted by Gasteiger charge is 2.38. The first-order valence-electron chi connectivity index (χ1n) is 8.81. The van der Waals surface area contributed by atoms with Gasteiger partial charge >= 0.3 is 0 Å². The fraction of sp³-hybridized carbons (Fsp3) is 1.00. The quantitative estimate of drug-likeness (QED) is 0.835. The van der Waals surface area contributed by atoms with Crippen molar-refractivity contribution in [1.29, 1.82) is 0 Å². The van der Waals surface area contributed by atoms with Gasteiger partial charge in [0.1, 0.15) is 0 Å². The lowest BCUT2D eigenvalue weighted by atomic mass is 9.82. The van der Waals surface area contributed by atoms with Crippen LogP contribution in [-0.2, 0) is 0 Å². The third kappa shape index (κ3) is 3.00. The van der Waals surface area contributed by atoms with E-state index >= 15 is 0 Å². The predicted octanol–water partition coefficient (Wildman–Crippen LogP) is 3.56. The molecule has 3 rings (SSSR count). The minimum absolute atomic E-state index is 0.838. The van der Waals surface area contributed by atoms with Crippen LogP contribution in [0.25, 0.3) is 0 Å². The lowest BCUT2D eigenvalue weighted by Crippen LogP contribution is -2.52. The van der Waals surface area contributed by atoms with Gasteiger partial charge in [-0.2, -0.15) is 0 Å². The van der Waals surface area contributed by atoms with Crippen LogP contribution in [0.5, 0.6) is 0 Å². The van der Waals surface area contributed by atoms with E-state index in [1.165, 1.54) is 64.3 Å². The summed E-state index contributed by atoms with van der Waals surface area (Å²) < 4.78 is 0. The minimum Gasteiger partial charge on any atom is -0.311 e. The molecule has 110 valence electrons. The maximum Gasteiger partial charge on any atom is 0.0128 e. The van der Waals surface area contributed by atoms with Crippen molar-refractivity contribution in [2.24, 2.45) is 5.92 Å². The molecular formula is C17H32N2. The topological polar surface area (TPSA) is 15.3 Å². The van der Waals surface area contributed by atoms with Gasteiger partial charge < -0.3 is 5.32 Å². The van der Waals surface area contributed by atoms with Crippen molar-refractivity contribution < 1.29 is 0 Å². The summed E-state index contributed by atoms with van der Waals surface area (Å²) in [6.07, 6.45) is 13.0. The molecule has 2 atom stereocenters. The summed E-state index contributed by atoms with van der Waals surface area (Å²) >= 11 is 0. The standard InChI is InChI=1S/C17H32N2/c1-3-13-5-9-16(10-6-13)19(4-2)17-11-14-7-8-15(12-17)18-14/h13-18H,3-12H2,1-2H3. The molecule has 19 heavy (non-hydrogen) atoms. The molecule has 0 aromatic heterocycles. The van der Waals surface area contributed by atoms with Crippen LogP contribution >= 0.6 is 0 Å². The van der Waals surface area contributed by atoms with Gasteiger partial charge in [-0.05, 0) is 63.8 Å². The van der Waals surface area contributed by atoms with Gasteiger partial charge in [0.2, 0.25) is 0 Å². The van der Waals surface area contributed by atoms with Crippen molar-refractivity contribution in [3.05, 3.63) is 0 Å². The average molecular weight is 264 g/mol. The first-order valence-corrected chi connectivity index (χ1v) is 8.81. The molecule has 1 N–H and O–H groups in total. The summed E-state index contributed by atoms with van der Waals surface area (Å²) in [5, 5.41) is 3.79. The summed E-state index contributed by atoms with van der Waals surface area (Å²) in [4.78, 5) is 2.89. The first kappa shape index (κ1) is 13.9. The average Bonchev–Trinajstić information content (AvgIpc) is 2.79. The molecule has 2 heteroatoms. The molecule has 0 spiro atoms. The zero-order valence-corrected chi connectivity index (χ0v) is 12.9. The Bertz CT molecular complexity index is 271. The first-order chi connectivity index (χ1) is 9.30. The third-order valence-corrected chi connectivity index (χ3v) is 6.14. The molecule has 1 saturated carbocycles. The number of nitrogens with zero attached hydrogens (tertiary/aromatic N) is 1. The van der Waals surface area contributed by atoms with Crippen LogP contribution in [0.15, 0.2) is 0 Å². The summed E-state index contributed by atoms with van der Waals surface area (Å²) in [6, 6.07) is 3.46. The Labute approximate surface area is 119 Å². The van der Waals surface area contributed by atoms with Crippen LogP contribution in [0.1, 0.15) is 71.6 Å². The van der Waals surface area contributed by atoms with E-state index in [4.69, 9.17) is 0 Å². The molecule has 0 radical (unpaired) electrons. The van der Waals surface area contributed by atoms with Crippen molar-refractivity contribution in [2.75, 3.05) is 6.54 Å². The molecule has 2 saturated heterocycles. The summed E-state index contributed by atoms with van der Waals surface area (Å²) in [7, 11) is 0. The van der Waals surface area contributed by atoms with Crippen molar-refractivity contribution >= 4 is 0 Å². The lowest BCUT2D eigenvalue weighted by molar-refractivity contribution is 0.0683. The Hall–Kier alpha value is -0.0800. The summed E-state index contributed by atoms with van der Waals surface area (Å²) in [6.45, 7) is 6.02. The Balaban J connectivity index is 1.58. The van der Waals surface area contributed by atoms with Crippen molar-refractivity contribution in [2.45, 2.75) is 95.8 Å². The molecule has 2 bridgehead atoms. The molecule has 3 fully saturated rings. The number of hydrogen-bond acceptors (Lipinski definition) is 2. The smallest absolute Gasteiger partial charge is 0.0128 e. The van der Waals surface area contributed by atoms with Gasteiger partial charge in [0, 0.05) is 24.2 Å². The van der Waals surface area contributed by atoms with Gasteiger partial charge in [0.15, 0.2) is 0 Å². The van der Waals surface area contributed by atoms with Gasteiger partial charge in [-0.25, -0.2) is 0 Å². The van der Waals surface area contributed by atoms with Gasteiger partial charge in [0.05, 0.1) is 0 Å². The fourth-order valence-electron chi connectivity index (χ4n) is 5.00. The van der Waals surface area contributed by atoms with Crippen molar-refractivity contribution in [3.63, 3.8) is 0 Å². The number of hydrogen-bond donors (Lipinski definition) is 1. The second-order valence-electron chi connectivity index (χ2n) is 7.18. The Morgan fingerprint density at radius 2 is 1.47 bits per heavy atom. The van der Waals surface area contributed by atoms with E-state index < -0.39 is 0 Å². The highest BCUT2D eigenvalue weighted by molar-refractivity contribution is 4.97. The maximum atomic E-state index is 3.79. The second-order valence-corrected chi connectivity index (χ2v) is 7.18. The highest BCUT2D eigenvalue weighted by atomic mass is 15.2. The third-order valence-electron chi connectivity index (χ3n) is 6.14. The van der Waals surface area contributed by atoms with E-state index in [2.05, 4.69) is 24.1 Å². The number of fused-ring (bicyclic) bond motifs is 2. The van der Waals surface area contributed by atoms with E-state index in [0.29, 0.717) is 0 Å². The molecular weight excluding hydrogens is 232 g/mol. The van der Waals surface area contributed by atoms with E-state index in [0.717, 1.165) is 30.1 Å². The molecule has 2 nitrogen and oxygen atoms in total. The number of rotatable bonds is 4. The van der Waals surface area contributed by atoms with Crippen LogP contribution in [0.4, 0.5) is 0 Å². The number of nitrogens with one attached hydrogen (secondary N) is 1. The Morgan fingerprint density at radius 1 is 0.842 bits per heavy atom. The normalized spacial score (nSPS) is 42.8. The molecule has 3 aliphatic rings. The summed E-state index contributed by atoms with van der Waals surface area (Å²) in [5.74, 6) is 1.03. The molecule has 2 unspecified atom stereocenters. The highest BCUT2D eigenvalue weighted by Crippen LogP contribution is 2.35. The van der Waals surface area contributed by atoms with Crippen LogP contribution < -0.4 is 5.32 Å². The van der Waals surface area contributed by atoms with Crippen LogP contribution in [0.3, 0.4) is 0 Å². The molecule has 0 aromatic carbocycles. The molecule has 0 amide bonds. The predicted molar refractivity (Wildman–Crippen MR) is 81.4 cm³/mol. The van der Waals surface area contributed by atoms with E-state index in [1.807, 2.05) is 0 Å². The second kappa shape index (κ2) is 6.13. The van der Waals surface area contributed by atoms with E-state index in [9.17, 15) is 0 Å². The SMILES string of the molecule is CCC1CCC(N(CC)C2CC3CCC(C2)N3)CC1. The monoisotopic (exact) mass is 264 g/mol. The maximum absolute atomic E-state index is 3.79. The Kier molecular flexibility index (Phi) is 4.48.